The van der Waals surface area contributed by atoms with Gasteiger partial charge in [-0.2, -0.15) is 21.6 Å². The fourth-order valence-electron chi connectivity index (χ4n) is 6.40. The van der Waals surface area contributed by atoms with Crippen molar-refractivity contribution in [1.29, 1.82) is 0 Å². The van der Waals surface area contributed by atoms with Crippen molar-refractivity contribution in [3.8, 4) is 5.75 Å². The molecule has 0 amide bonds. The summed E-state index contributed by atoms with van der Waals surface area (Å²) < 4.78 is 72.5. The fourth-order valence-corrected chi connectivity index (χ4v) is 8.25. The van der Waals surface area contributed by atoms with Crippen molar-refractivity contribution in [2.24, 2.45) is 0 Å². The third-order valence-corrected chi connectivity index (χ3v) is 10.8. The normalized spacial score (nSPS) is 12.0. The van der Waals surface area contributed by atoms with E-state index in [0.717, 1.165) is 49.3 Å². The van der Waals surface area contributed by atoms with Gasteiger partial charge >= 0.3 is 15.6 Å². The summed E-state index contributed by atoms with van der Waals surface area (Å²) in [5.41, 5.74) is -0.928. The lowest BCUT2D eigenvalue weighted by Crippen LogP contribution is -2.28. The predicted octanol–water partition coefficient (Wildman–Crippen LogP) is 12.4. The van der Waals surface area contributed by atoms with Crippen molar-refractivity contribution in [1.82, 2.24) is 0 Å². The molecule has 0 aliphatic rings. The molecule has 51 heavy (non-hydrogen) atoms. The molecule has 1 aromatic heterocycles. The van der Waals surface area contributed by atoms with Crippen LogP contribution < -0.4 is 14.0 Å². The largest absolute Gasteiger partial charge is 0.534 e. The van der Waals surface area contributed by atoms with Gasteiger partial charge in [0.05, 0.1) is 16.1 Å². The summed E-state index contributed by atoms with van der Waals surface area (Å²) in [4.78, 5) is 4.13. The Balaban J connectivity index is 1.56. The van der Waals surface area contributed by atoms with Crippen molar-refractivity contribution in [2.45, 2.75) is 5.51 Å². The molecule has 0 bridgehead atoms. The standard InChI is InChI=1S/C41H27F3N2O3S2/c42-41(43,44)51(47,48)49-36-26-25-34(45(29-16-5-1-6-17-29)30-18-7-2-8-19-30)37-38-35(27-28-15-13-14-24-33(28)39(38)50-40(36)37)46(31-20-9-3-10-21-31)32-22-11-4-12-23-32/h1-27H. The van der Waals surface area contributed by atoms with Gasteiger partial charge in [-0.15, -0.1) is 11.3 Å². The highest BCUT2D eigenvalue weighted by Crippen LogP contribution is 2.54. The molecule has 0 saturated heterocycles. The Kier molecular flexibility index (Phi) is 8.13. The molecule has 8 rings (SSSR count). The van der Waals surface area contributed by atoms with Gasteiger partial charge in [-0.3, -0.25) is 0 Å². The first kappa shape index (κ1) is 32.4. The topological polar surface area (TPSA) is 49.9 Å². The van der Waals surface area contributed by atoms with Crippen molar-refractivity contribution < 1.29 is 25.8 Å². The van der Waals surface area contributed by atoms with Crippen LogP contribution in [-0.2, 0) is 10.1 Å². The van der Waals surface area contributed by atoms with Crippen molar-refractivity contribution in [3.63, 3.8) is 0 Å². The van der Waals surface area contributed by atoms with Crippen LogP contribution in [0.25, 0.3) is 30.9 Å². The molecule has 252 valence electrons. The molecule has 0 aliphatic carbocycles. The molecule has 0 saturated carbocycles. The average molecular weight is 717 g/mol. The van der Waals surface area contributed by atoms with Crippen LogP contribution in [0.1, 0.15) is 0 Å². The van der Waals surface area contributed by atoms with E-state index in [1.54, 1.807) is 6.07 Å². The zero-order chi connectivity index (χ0) is 35.2. The molecular weight excluding hydrogens is 690 g/mol. The molecule has 10 heteroatoms. The summed E-state index contributed by atoms with van der Waals surface area (Å²) in [5.74, 6) is -0.408. The molecular formula is C41H27F3N2O3S2. The van der Waals surface area contributed by atoms with Crippen molar-refractivity contribution in [3.05, 3.63) is 164 Å². The maximum Gasteiger partial charge on any atom is 0.534 e. The Morgan fingerprint density at radius 1 is 0.510 bits per heavy atom. The molecule has 0 fully saturated rings. The average Bonchev–Trinajstić information content (AvgIpc) is 3.56. The molecule has 0 unspecified atom stereocenters. The molecule has 8 aromatic rings. The van der Waals surface area contributed by atoms with Crippen LogP contribution in [0.4, 0.5) is 47.3 Å². The minimum atomic E-state index is -5.99. The van der Waals surface area contributed by atoms with E-state index in [1.807, 2.05) is 150 Å². The van der Waals surface area contributed by atoms with Gasteiger partial charge in [0.15, 0.2) is 5.75 Å². The second-order valence-electron chi connectivity index (χ2n) is 11.7. The van der Waals surface area contributed by atoms with E-state index in [-0.39, 0.29) is 4.70 Å². The maximum atomic E-state index is 13.8. The first-order valence-corrected chi connectivity index (χ1v) is 18.2. The van der Waals surface area contributed by atoms with Gasteiger partial charge < -0.3 is 14.0 Å². The lowest BCUT2D eigenvalue weighted by Gasteiger charge is -2.29. The van der Waals surface area contributed by atoms with Crippen LogP contribution >= 0.6 is 11.3 Å². The van der Waals surface area contributed by atoms with Gasteiger partial charge in [0.1, 0.15) is 0 Å². The van der Waals surface area contributed by atoms with Crippen LogP contribution in [-0.4, -0.2) is 13.9 Å². The zero-order valence-electron chi connectivity index (χ0n) is 26.7. The van der Waals surface area contributed by atoms with Crippen LogP contribution in [0.2, 0.25) is 0 Å². The first-order valence-electron chi connectivity index (χ1n) is 15.9. The Hall–Kier alpha value is -5.84. The Labute approximate surface area is 296 Å². The molecule has 0 radical (unpaired) electrons. The number of rotatable bonds is 8. The molecule has 0 aliphatic heterocycles. The third kappa shape index (κ3) is 5.82. The van der Waals surface area contributed by atoms with Gasteiger partial charge in [0.25, 0.3) is 0 Å². The number of halogens is 3. The monoisotopic (exact) mass is 716 g/mol. The lowest BCUT2D eigenvalue weighted by atomic mass is 10.0. The van der Waals surface area contributed by atoms with E-state index in [1.165, 1.54) is 17.4 Å². The summed E-state index contributed by atoms with van der Waals surface area (Å²) in [7, 11) is -5.99. The van der Waals surface area contributed by atoms with E-state index >= 15 is 0 Å². The van der Waals surface area contributed by atoms with Crippen LogP contribution in [0.3, 0.4) is 0 Å². The fraction of sp³-hybridized carbons (Fsp3) is 0.0244. The van der Waals surface area contributed by atoms with E-state index in [2.05, 4.69) is 11.0 Å². The second-order valence-corrected chi connectivity index (χ2v) is 14.3. The second kappa shape index (κ2) is 12.8. The summed E-state index contributed by atoms with van der Waals surface area (Å²) in [6, 6.07) is 51.7. The smallest absolute Gasteiger partial charge is 0.374 e. The SMILES string of the molecule is O=S(=O)(Oc1ccc(N(c2ccccc2)c2ccccc2)c2c1sc1c3ccccc3cc(N(c3ccccc3)c3ccccc3)c12)C(F)(F)F. The number of hydrogen-bond acceptors (Lipinski definition) is 6. The zero-order valence-corrected chi connectivity index (χ0v) is 28.3. The van der Waals surface area contributed by atoms with E-state index in [0.29, 0.717) is 11.1 Å². The number of anilines is 6. The van der Waals surface area contributed by atoms with Crippen LogP contribution in [0, 0.1) is 0 Å². The minimum absolute atomic E-state index is 0.255. The highest BCUT2D eigenvalue weighted by atomic mass is 32.2. The Morgan fingerprint density at radius 2 is 0.941 bits per heavy atom. The molecule has 0 N–H and O–H groups in total. The van der Waals surface area contributed by atoms with Crippen molar-refractivity contribution in [2.75, 3.05) is 9.80 Å². The molecule has 0 atom stereocenters. The lowest BCUT2D eigenvalue weighted by molar-refractivity contribution is -0.0499. The number of para-hydroxylation sites is 4. The summed E-state index contributed by atoms with van der Waals surface area (Å²) >= 11 is 1.20. The number of fused-ring (bicyclic) bond motifs is 5. The number of thiophene rings is 1. The maximum absolute atomic E-state index is 13.8. The highest BCUT2D eigenvalue weighted by Gasteiger charge is 2.49. The number of nitrogens with zero attached hydrogens (tertiary/aromatic N) is 2. The van der Waals surface area contributed by atoms with Gasteiger partial charge in [-0.05, 0) is 77.5 Å². The number of alkyl halides is 3. The van der Waals surface area contributed by atoms with Gasteiger partial charge in [-0.25, -0.2) is 0 Å². The first-order chi connectivity index (χ1) is 24.7. The van der Waals surface area contributed by atoms with Crippen molar-refractivity contribution >= 4 is 86.5 Å². The molecule has 0 spiro atoms. The Morgan fingerprint density at radius 3 is 1.43 bits per heavy atom. The summed E-state index contributed by atoms with van der Waals surface area (Å²) in [5, 5.41) is 3.02. The van der Waals surface area contributed by atoms with E-state index < -0.39 is 21.4 Å². The summed E-state index contributed by atoms with van der Waals surface area (Å²) in [6.07, 6.45) is 0. The molecule has 7 aromatic carbocycles. The highest BCUT2D eigenvalue weighted by molar-refractivity contribution is 7.88. The van der Waals surface area contributed by atoms with Crippen LogP contribution in [0.15, 0.2) is 164 Å². The predicted molar refractivity (Wildman–Crippen MR) is 202 cm³/mol. The Bertz CT molecular complexity index is 2540. The van der Waals surface area contributed by atoms with Gasteiger partial charge in [-0.1, -0.05) is 97.1 Å². The third-order valence-electron chi connectivity index (χ3n) is 8.56. The summed E-state index contributed by atoms with van der Waals surface area (Å²) in [6.45, 7) is 0. The van der Waals surface area contributed by atoms with E-state index in [4.69, 9.17) is 4.18 Å². The van der Waals surface area contributed by atoms with Crippen LogP contribution in [0.5, 0.6) is 5.75 Å². The molecule has 1 heterocycles. The van der Waals surface area contributed by atoms with Gasteiger partial charge in [0, 0.05) is 38.2 Å². The quantitative estimate of drug-likeness (QED) is 0.116. The van der Waals surface area contributed by atoms with E-state index in [9.17, 15) is 21.6 Å². The van der Waals surface area contributed by atoms with Gasteiger partial charge in [0.2, 0.25) is 0 Å². The number of benzene rings is 7. The number of hydrogen-bond donors (Lipinski definition) is 0. The minimum Gasteiger partial charge on any atom is -0.374 e. The molecule has 5 nitrogen and oxygen atoms in total.